The Kier molecular flexibility index (Phi) is 4.22. The van der Waals surface area contributed by atoms with Gasteiger partial charge in [-0.05, 0) is 19.8 Å². The SMILES string of the molecule is Cc1cn(CCCC(N)C(=O)O)c(=O)[nH]c1=O. The van der Waals surface area contributed by atoms with Gasteiger partial charge in [-0.25, -0.2) is 4.79 Å². The van der Waals surface area contributed by atoms with Crippen LogP contribution in [0.25, 0.3) is 0 Å². The molecule has 0 saturated heterocycles. The highest BCUT2D eigenvalue weighted by Gasteiger charge is 2.10. The number of hydrogen-bond donors (Lipinski definition) is 3. The van der Waals surface area contributed by atoms with Gasteiger partial charge in [0.1, 0.15) is 6.04 Å². The van der Waals surface area contributed by atoms with Crippen LogP contribution in [0.15, 0.2) is 15.8 Å². The van der Waals surface area contributed by atoms with Crippen LogP contribution < -0.4 is 17.0 Å². The molecule has 0 spiro atoms. The third-order valence-corrected chi connectivity index (χ3v) is 2.42. The average molecular weight is 241 g/mol. The zero-order chi connectivity index (χ0) is 13.0. The number of aryl methyl sites for hydroxylation is 2. The fourth-order valence-electron chi connectivity index (χ4n) is 1.39. The number of aliphatic carboxylic acids is 1. The molecule has 0 bridgehead atoms. The summed E-state index contributed by atoms with van der Waals surface area (Å²) in [5, 5.41) is 8.57. The first-order valence-electron chi connectivity index (χ1n) is 5.20. The second-order valence-corrected chi connectivity index (χ2v) is 3.85. The summed E-state index contributed by atoms with van der Waals surface area (Å²) in [6.45, 7) is 1.93. The maximum atomic E-state index is 11.4. The van der Waals surface area contributed by atoms with Gasteiger partial charge >= 0.3 is 11.7 Å². The highest BCUT2D eigenvalue weighted by molar-refractivity contribution is 5.72. The Labute approximate surface area is 96.9 Å². The van der Waals surface area contributed by atoms with Gasteiger partial charge in [-0.1, -0.05) is 0 Å². The third kappa shape index (κ3) is 3.56. The van der Waals surface area contributed by atoms with E-state index in [-0.39, 0.29) is 6.42 Å². The number of H-pyrrole nitrogens is 1. The number of nitrogens with two attached hydrogens (primary N) is 1. The Morgan fingerprint density at radius 2 is 2.24 bits per heavy atom. The molecule has 4 N–H and O–H groups in total. The van der Waals surface area contributed by atoms with Crippen molar-refractivity contribution in [3.63, 3.8) is 0 Å². The van der Waals surface area contributed by atoms with Gasteiger partial charge in [0.15, 0.2) is 0 Å². The molecule has 0 amide bonds. The molecular formula is C10H15N3O4. The predicted molar refractivity (Wildman–Crippen MR) is 60.9 cm³/mol. The molecule has 0 aliphatic heterocycles. The maximum absolute atomic E-state index is 11.4. The Morgan fingerprint density at radius 1 is 1.59 bits per heavy atom. The summed E-state index contributed by atoms with van der Waals surface area (Å²) >= 11 is 0. The lowest BCUT2D eigenvalue weighted by molar-refractivity contribution is -0.138. The van der Waals surface area contributed by atoms with Gasteiger partial charge in [-0.3, -0.25) is 14.6 Å². The van der Waals surface area contributed by atoms with Gasteiger partial charge in [-0.15, -0.1) is 0 Å². The smallest absolute Gasteiger partial charge is 0.328 e. The minimum atomic E-state index is -1.06. The number of hydrogen-bond acceptors (Lipinski definition) is 4. The molecule has 0 saturated carbocycles. The largest absolute Gasteiger partial charge is 0.480 e. The van der Waals surface area contributed by atoms with E-state index in [0.29, 0.717) is 18.5 Å². The van der Waals surface area contributed by atoms with Crippen molar-refractivity contribution in [2.75, 3.05) is 0 Å². The summed E-state index contributed by atoms with van der Waals surface area (Å²) in [7, 11) is 0. The molecule has 7 nitrogen and oxygen atoms in total. The molecular weight excluding hydrogens is 226 g/mol. The molecule has 1 aromatic heterocycles. The van der Waals surface area contributed by atoms with Crippen molar-refractivity contribution in [2.45, 2.75) is 32.4 Å². The van der Waals surface area contributed by atoms with Gasteiger partial charge in [0.05, 0.1) is 0 Å². The third-order valence-electron chi connectivity index (χ3n) is 2.42. The minimum Gasteiger partial charge on any atom is -0.480 e. The first-order chi connectivity index (χ1) is 7.91. The molecule has 1 atom stereocenters. The van der Waals surface area contributed by atoms with E-state index in [2.05, 4.69) is 4.98 Å². The van der Waals surface area contributed by atoms with Crippen LogP contribution in [0.1, 0.15) is 18.4 Å². The average Bonchev–Trinajstić information content (AvgIpc) is 2.25. The van der Waals surface area contributed by atoms with Crippen molar-refractivity contribution >= 4 is 5.97 Å². The fraction of sp³-hybridized carbons (Fsp3) is 0.500. The number of nitrogens with zero attached hydrogens (tertiary/aromatic N) is 1. The first kappa shape index (κ1) is 13.2. The van der Waals surface area contributed by atoms with Crippen molar-refractivity contribution in [3.8, 4) is 0 Å². The molecule has 0 fully saturated rings. The van der Waals surface area contributed by atoms with E-state index in [4.69, 9.17) is 10.8 Å². The van der Waals surface area contributed by atoms with Gasteiger partial charge < -0.3 is 15.4 Å². The van der Waals surface area contributed by atoms with Crippen LogP contribution in [0.3, 0.4) is 0 Å². The monoisotopic (exact) mass is 241 g/mol. The summed E-state index contributed by atoms with van der Waals surface area (Å²) < 4.78 is 1.34. The van der Waals surface area contributed by atoms with E-state index in [9.17, 15) is 14.4 Å². The fourth-order valence-corrected chi connectivity index (χ4v) is 1.39. The topological polar surface area (TPSA) is 118 Å². The molecule has 0 aliphatic carbocycles. The van der Waals surface area contributed by atoms with Crippen molar-refractivity contribution in [1.82, 2.24) is 9.55 Å². The van der Waals surface area contributed by atoms with Gasteiger partial charge in [0, 0.05) is 18.3 Å². The van der Waals surface area contributed by atoms with E-state index in [1.165, 1.54) is 10.8 Å². The molecule has 1 unspecified atom stereocenters. The standard InChI is InChI=1S/C10H15N3O4/c1-6-5-13(10(17)12-8(6)14)4-2-3-7(11)9(15)16/h5,7H,2-4,11H2,1H3,(H,15,16)(H,12,14,17). The van der Waals surface area contributed by atoms with Crippen LogP contribution in [-0.2, 0) is 11.3 Å². The predicted octanol–water partition coefficient (Wildman–Crippen LogP) is -0.963. The number of aromatic nitrogens is 2. The van der Waals surface area contributed by atoms with Crippen LogP contribution in [0.4, 0.5) is 0 Å². The van der Waals surface area contributed by atoms with E-state index in [1.54, 1.807) is 6.92 Å². The summed E-state index contributed by atoms with van der Waals surface area (Å²) in [6, 6.07) is -0.922. The zero-order valence-electron chi connectivity index (χ0n) is 9.47. The molecule has 1 rings (SSSR count). The maximum Gasteiger partial charge on any atom is 0.328 e. The molecule has 7 heteroatoms. The van der Waals surface area contributed by atoms with Gasteiger partial charge in [0.25, 0.3) is 5.56 Å². The highest BCUT2D eigenvalue weighted by atomic mass is 16.4. The summed E-state index contributed by atoms with van der Waals surface area (Å²) in [5.74, 6) is -1.06. The Hall–Kier alpha value is -1.89. The van der Waals surface area contributed by atoms with E-state index in [1.807, 2.05) is 0 Å². The number of rotatable bonds is 5. The summed E-state index contributed by atoms with van der Waals surface area (Å²) in [5.41, 5.74) is 4.86. The molecule has 0 radical (unpaired) electrons. The highest BCUT2D eigenvalue weighted by Crippen LogP contribution is 1.97. The second kappa shape index (κ2) is 5.44. The van der Waals surface area contributed by atoms with Crippen LogP contribution in [0.5, 0.6) is 0 Å². The Bertz CT molecular complexity index is 517. The number of aromatic amines is 1. The number of nitrogens with one attached hydrogen (secondary N) is 1. The van der Waals surface area contributed by atoms with Crippen LogP contribution in [0.2, 0.25) is 0 Å². The molecule has 1 aromatic rings. The lowest BCUT2D eigenvalue weighted by Crippen LogP contribution is -2.33. The minimum absolute atomic E-state index is 0.278. The lowest BCUT2D eigenvalue weighted by Gasteiger charge is -2.08. The molecule has 94 valence electrons. The Balaban J connectivity index is 2.65. The molecule has 1 heterocycles. The number of carboxylic acid groups (broad SMARTS) is 1. The van der Waals surface area contributed by atoms with Gasteiger partial charge in [-0.2, -0.15) is 0 Å². The van der Waals surface area contributed by atoms with Crippen molar-refractivity contribution in [1.29, 1.82) is 0 Å². The summed E-state index contributed by atoms with van der Waals surface area (Å²) in [4.78, 5) is 35.1. The number of carboxylic acids is 1. The van der Waals surface area contributed by atoms with Crippen LogP contribution in [0, 0.1) is 6.92 Å². The molecule has 0 aromatic carbocycles. The van der Waals surface area contributed by atoms with E-state index < -0.39 is 23.3 Å². The van der Waals surface area contributed by atoms with Crippen molar-refractivity contribution in [3.05, 3.63) is 32.6 Å². The van der Waals surface area contributed by atoms with Crippen molar-refractivity contribution in [2.24, 2.45) is 5.73 Å². The van der Waals surface area contributed by atoms with E-state index >= 15 is 0 Å². The Morgan fingerprint density at radius 3 is 2.82 bits per heavy atom. The van der Waals surface area contributed by atoms with Crippen LogP contribution >= 0.6 is 0 Å². The van der Waals surface area contributed by atoms with Crippen molar-refractivity contribution < 1.29 is 9.90 Å². The van der Waals surface area contributed by atoms with Gasteiger partial charge in [0.2, 0.25) is 0 Å². The van der Waals surface area contributed by atoms with E-state index in [0.717, 1.165) is 0 Å². The first-order valence-corrected chi connectivity index (χ1v) is 5.20. The molecule has 0 aliphatic rings. The summed E-state index contributed by atoms with van der Waals surface area (Å²) in [6.07, 6.45) is 2.19. The lowest BCUT2D eigenvalue weighted by atomic mass is 10.2. The second-order valence-electron chi connectivity index (χ2n) is 3.85. The quantitative estimate of drug-likeness (QED) is 0.613. The number of carbonyl (C=O) groups is 1. The van der Waals surface area contributed by atoms with Crippen LogP contribution in [-0.4, -0.2) is 26.7 Å². The normalized spacial score (nSPS) is 12.4. The zero-order valence-corrected chi connectivity index (χ0v) is 9.47. The molecule has 17 heavy (non-hydrogen) atoms.